The Kier molecular flexibility index (Phi) is 6.79. The number of ketones is 1. The second kappa shape index (κ2) is 9.68. The average molecular weight is 546 g/mol. The van der Waals surface area contributed by atoms with Crippen LogP contribution in [-0.2, 0) is 22.0 Å². The summed E-state index contributed by atoms with van der Waals surface area (Å²) in [5.74, 6) is -1.22. The molecule has 5 rings (SSSR count). The van der Waals surface area contributed by atoms with Gasteiger partial charge in [0.15, 0.2) is 5.78 Å². The van der Waals surface area contributed by atoms with Crippen LogP contribution < -0.4 is 5.73 Å². The predicted octanol–water partition coefficient (Wildman–Crippen LogP) is 3.23. The van der Waals surface area contributed by atoms with Crippen LogP contribution in [0.15, 0.2) is 41.5 Å². The van der Waals surface area contributed by atoms with Gasteiger partial charge in [-0.3, -0.25) is 9.78 Å². The van der Waals surface area contributed by atoms with E-state index in [0.29, 0.717) is 18.0 Å². The summed E-state index contributed by atoms with van der Waals surface area (Å²) in [5.41, 5.74) is 5.22. The SMILES string of the molecule is CN1C(N)=N[C@](C)(c2cc(CC(=O)c3ccc(F)cn3)ccc2F)[C@@]2(CCN(CC3CCCC3)C2)S1(=O)=O. The fraction of sp³-hybridized carbons (Fsp3) is 0.519. The van der Waals surface area contributed by atoms with Gasteiger partial charge in [-0.1, -0.05) is 18.9 Å². The fourth-order valence-electron chi connectivity index (χ4n) is 6.40. The molecule has 11 heteroatoms. The molecule has 204 valence electrons. The first kappa shape index (κ1) is 26.7. The maximum absolute atomic E-state index is 15.6. The van der Waals surface area contributed by atoms with Crippen molar-refractivity contribution in [3.63, 3.8) is 0 Å². The second-order valence-corrected chi connectivity index (χ2v) is 13.2. The number of guanidine groups is 1. The van der Waals surface area contributed by atoms with E-state index in [1.807, 2.05) is 0 Å². The molecule has 1 spiro atoms. The highest BCUT2D eigenvalue weighted by atomic mass is 32.2. The number of likely N-dealkylation sites (tertiary alicyclic amines) is 1. The van der Waals surface area contributed by atoms with Gasteiger partial charge in [0.05, 0.1) is 6.20 Å². The zero-order valence-corrected chi connectivity index (χ0v) is 22.5. The first-order valence-electron chi connectivity index (χ1n) is 13.0. The lowest BCUT2D eigenvalue weighted by atomic mass is 9.77. The highest BCUT2D eigenvalue weighted by Gasteiger charge is 2.66. The summed E-state index contributed by atoms with van der Waals surface area (Å²) < 4.78 is 56.4. The maximum atomic E-state index is 15.6. The molecule has 0 bridgehead atoms. The maximum Gasteiger partial charge on any atom is 0.247 e. The van der Waals surface area contributed by atoms with Crippen molar-refractivity contribution in [3.05, 3.63) is 65.0 Å². The third-order valence-corrected chi connectivity index (χ3v) is 11.3. The van der Waals surface area contributed by atoms with Crippen LogP contribution in [0.25, 0.3) is 0 Å². The summed E-state index contributed by atoms with van der Waals surface area (Å²) >= 11 is 0. The van der Waals surface area contributed by atoms with Crippen LogP contribution in [0, 0.1) is 17.6 Å². The highest BCUT2D eigenvalue weighted by Crippen LogP contribution is 2.52. The van der Waals surface area contributed by atoms with Crippen LogP contribution in [0.2, 0.25) is 0 Å². The van der Waals surface area contributed by atoms with Crippen molar-refractivity contribution >= 4 is 21.8 Å². The third-order valence-electron chi connectivity index (χ3n) is 8.64. The van der Waals surface area contributed by atoms with E-state index in [1.165, 1.54) is 44.2 Å². The van der Waals surface area contributed by atoms with Crippen molar-refractivity contribution in [1.82, 2.24) is 14.2 Å². The van der Waals surface area contributed by atoms with Gasteiger partial charge in [-0.05, 0) is 68.5 Å². The number of carbonyl (C=O) groups excluding carboxylic acids is 1. The molecule has 2 fully saturated rings. The molecule has 1 saturated carbocycles. The lowest BCUT2D eigenvalue weighted by Crippen LogP contribution is -2.66. The van der Waals surface area contributed by atoms with Crippen LogP contribution in [0.1, 0.15) is 60.6 Å². The topological polar surface area (TPSA) is 109 Å². The molecule has 3 aliphatic rings. The summed E-state index contributed by atoms with van der Waals surface area (Å²) in [6.07, 6.45) is 5.77. The van der Waals surface area contributed by atoms with Crippen molar-refractivity contribution in [1.29, 1.82) is 0 Å². The van der Waals surface area contributed by atoms with E-state index in [4.69, 9.17) is 5.73 Å². The van der Waals surface area contributed by atoms with Crippen molar-refractivity contribution < 1.29 is 22.0 Å². The Morgan fingerprint density at radius 2 is 1.92 bits per heavy atom. The van der Waals surface area contributed by atoms with Crippen molar-refractivity contribution in [2.75, 3.05) is 26.7 Å². The standard InChI is InChI=1S/C27H33F2N5O3S/c1-26(21-13-19(7-9-22(21)29)14-24(35)23-10-8-20(28)15-31-23)27(38(36,37)33(2)25(30)32-26)11-12-34(17-27)16-18-5-3-4-6-18/h7-10,13,15,18H,3-6,11-12,14,16-17H2,1-2H3,(H2,30,32)/t26-,27+/m1/s1. The van der Waals surface area contributed by atoms with Gasteiger partial charge < -0.3 is 10.6 Å². The van der Waals surface area contributed by atoms with Crippen LogP contribution in [0.3, 0.4) is 0 Å². The van der Waals surface area contributed by atoms with Gasteiger partial charge in [0, 0.05) is 32.1 Å². The summed E-state index contributed by atoms with van der Waals surface area (Å²) in [6, 6.07) is 6.67. The van der Waals surface area contributed by atoms with Gasteiger partial charge in [-0.15, -0.1) is 0 Å². The smallest absolute Gasteiger partial charge is 0.247 e. The van der Waals surface area contributed by atoms with Crippen LogP contribution in [0.4, 0.5) is 8.78 Å². The number of rotatable bonds is 6. The van der Waals surface area contributed by atoms with Crippen LogP contribution >= 0.6 is 0 Å². The molecular weight excluding hydrogens is 512 g/mol. The number of Topliss-reactive ketones (excluding diaryl/α,β-unsaturated/α-hetero) is 1. The van der Waals surface area contributed by atoms with Gasteiger partial charge >= 0.3 is 0 Å². The van der Waals surface area contributed by atoms with Crippen LogP contribution in [0.5, 0.6) is 0 Å². The number of hydrogen-bond donors (Lipinski definition) is 1. The molecule has 0 amide bonds. The Bertz CT molecular complexity index is 1380. The molecule has 2 atom stereocenters. The average Bonchev–Trinajstić information content (AvgIpc) is 3.55. The Morgan fingerprint density at radius 3 is 2.61 bits per heavy atom. The summed E-state index contributed by atoms with van der Waals surface area (Å²) in [4.78, 5) is 23.4. The monoisotopic (exact) mass is 545 g/mol. The number of hydrogen-bond acceptors (Lipinski definition) is 7. The number of carbonyl (C=O) groups is 1. The number of nitrogens with zero attached hydrogens (tertiary/aromatic N) is 4. The minimum absolute atomic E-state index is 0.0807. The number of sulfonamides is 1. The highest BCUT2D eigenvalue weighted by molar-refractivity contribution is 7.91. The zero-order valence-electron chi connectivity index (χ0n) is 21.7. The molecule has 0 unspecified atom stereocenters. The first-order chi connectivity index (χ1) is 18.0. The minimum Gasteiger partial charge on any atom is -0.369 e. The Hall–Kier alpha value is -2.92. The van der Waals surface area contributed by atoms with Crippen LogP contribution in [-0.4, -0.2) is 65.8 Å². The molecule has 2 N–H and O–H groups in total. The molecule has 1 saturated heterocycles. The van der Waals surface area contributed by atoms with Crippen molar-refractivity contribution in [2.45, 2.75) is 55.7 Å². The van der Waals surface area contributed by atoms with E-state index < -0.39 is 31.9 Å². The lowest BCUT2D eigenvalue weighted by Gasteiger charge is -2.48. The third kappa shape index (κ3) is 4.29. The fourth-order valence-corrected chi connectivity index (χ4v) is 8.56. The largest absolute Gasteiger partial charge is 0.369 e. The number of aromatic nitrogens is 1. The normalized spacial score (nSPS) is 27.7. The molecule has 0 radical (unpaired) electrons. The quantitative estimate of drug-likeness (QED) is 0.559. The van der Waals surface area contributed by atoms with E-state index in [0.717, 1.165) is 36.0 Å². The number of benzene rings is 1. The number of pyridine rings is 1. The van der Waals surface area contributed by atoms with Gasteiger partial charge in [0.25, 0.3) is 0 Å². The lowest BCUT2D eigenvalue weighted by molar-refractivity contribution is 0.0988. The summed E-state index contributed by atoms with van der Waals surface area (Å²) in [6.45, 7) is 3.21. The molecule has 2 aromatic rings. The Morgan fingerprint density at radius 1 is 1.18 bits per heavy atom. The summed E-state index contributed by atoms with van der Waals surface area (Å²) in [5, 5.41) is 0. The number of nitrogens with two attached hydrogens (primary N) is 1. The molecule has 8 nitrogen and oxygen atoms in total. The molecule has 1 aliphatic carbocycles. The number of aliphatic imine (C=N–C) groups is 1. The summed E-state index contributed by atoms with van der Waals surface area (Å²) in [7, 11) is -2.63. The molecule has 1 aromatic heterocycles. The molecule has 3 heterocycles. The first-order valence-corrected chi connectivity index (χ1v) is 14.4. The van der Waals surface area contributed by atoms with E-state index in [9.17, 15) is 17.6 Å². The predicted molar refractivity (Wildman–Crippen MR) is 140 cm³/mol. The zero-order chi connectivity index (χ0) is 27.3. The van der Waals surface area contributed by atoms with Gasteiger partial charge in [0.2, 0.25) is 16.0 Å². The van der Waals surface area contributed by atoms with E-state index in [1.54, 1.807) is 6.92 Å². The number of halogens is 2. The minimum atomic E-state index is -4.02. The van der Waals surface area contributed by atoms with Gasteiger partial charge in [-0.2, -0.15) is 0 Å². The molecular formula is C27H33F2N5O3S. The van der Waals surface area contributed by atoms with Crippen molar-refractivity contribution in [3.8, 4) is 0 Å². The molecule has 1 aromatic carbocycles. The van der Waals surface area contributed by atoms with E-state index >= 15 is 4.39 Å². The second-order valence-electron chi connectivity index (χ2n) is 10.9. The molecule has 38 heavy (non-hydrogen) atoms. The Labute approximate surface area is 222 Å². The van der Waals surface area contributed by atoms with Gasteiger partial charge in [-0.25, -0.2) is 26.5 Å². The van der Waals surface area contributed by atoms with Crippen molar-refractivity contribution in [2.24, 2.45) is 16.6 Å². The molecule has 2 aliphatic heterocycles. The van der Waals surface area contributed by atoms with E-state index in [-0.39, 0.29) is 42.4 Å². The van der Waals surface area contributed by atoms with Gasteiger partial charge in [0.1, 0.15) is 27.6 Å². The Balaban J connectivity index is 1.54. The van der Waals surface area contributed by atoms with E-state index in [2.05, 4.69) is 14.9 Å².